The van der Waals surface area contributed by atoms with Gasteiger partial charge in [0.15, 0.2) is 17.2 Å². The van der Waals surface area contributed by atoms with E-state index < -0.39 is 23.1 Å². The summed E-state index contributed by atoms with van der Waals surface area (Å²) in [5.41, 5.74) is -1.28. The molecular weight excluding hydrogens is 416 g/mol. The molecule has 31 heavy (non-hydrogen) atoms. The molecule has 0 amide bonds. The number of ketones is 2. The van der Waals surface area contributed by atoms with Gasteiger partial charge in [-0.15, -0.1) is 11.6 Å². The molecular formula is C25H33ClO5. The van der Waals surface area contributed by atoms with Crippen LogP contribution in [0.15, 0.2) is 23.8 Å². The smallest absolute Gasteiger partial charge is 0.306 e. The fraction of sp³-hybridized carbons (Fsp3) is 0.720. The number of allylic oxidation sites excluding steroid dienone is 4. The van der Waals surface area contributed by atoms with Crippen molar-refractivity contribution in [3.8, 4) is 0 Å². The van der Waals surface area contributed by atoms with E-state index in [-0.39, 0.29) is 53.0 Å². The Hall–Kier alpha value is -1.46. The van der Waals surface area contributed by atoms with Gasteiger partial charge in [-0.1, -0.05) is 39.3 Å². The summed E-state index contributed by atoms with van der Waals surface area (Å²) in [5, 5.41) is 11.5. The number of aliphatic hydroxyl groups is 1. The number of halogens is 1. The molecule has 4 aliphatic carbocycles. The summed E-state index contributed by atoms with van der Waals surface area (Å²) in [5.74, 6) is -0.798. The Balaban J connectivity index is 1.80. The number of esters is 1. The predicted molar refractivity (Wildman–Crippen MR) is 117 cm³/mol. The minimum Gasteiger partial charge on any atom is -0.450 e. The Labute approximate surface area is 189 Å². The second-order valence-electron chi connectivity index (χ2n) is 10.5. The lowest BCUT2D eigenvalue weighted by Crippen LogP contribution is -2.64. The topological polar surface area (TPSA) is 80.7 Å². The van der Waals surface area contributed by atoms with Crippen LogP contribution >= 0.6 is 11.6 Å². The van der Waals surface area contributed by atoms with Crippen LogP contribution in [0.5, 0.6) is 0 Å². The van der Waals surface area contributed by atoms with Gasteiger partial charge in [-0.3, -0.25) is 14.4 Å². The molecule has 0 aliphatic heterocycles. The molecule has 3 fully saturated rings. The van der Waals surface area contributed by atoms with Crippen molar-refractivity contribution in [1.82, 2.24) is 0 Å². The summed E-state index contributed by atoms with van der Waals surface area (Å²) in [4.78, 5) is 37.7. The Kier molecular flexibility index (Phi) is 5.54. The predicted octanol–water partition coefficient (Wildman–Crippen LogP) is 4.01. The van der Waals surface area contributed by atoms with Crippen LogP contribution in [0.2, 0.25) is 0 Å². The lowest BCUT2D eigenvalue weighted by Gasteiger charge is -2.60. The van der Waals surface area contributed by atoms with Crippen LogP contribution < -0.4 is 0 Å². The van der Waals surface area contributed by atoms with Crippen LogP contribution in [0.25, 0.3) is 0 Å². The molecule has 170 valence electrons. The molecule has 0 aromatic heterocycles. The highest BCUT2D eigenvalue weighted by Crippen LogP contribution is 2.69. The van der Waals surface area contributed by atoms with Gasteiger partial charge in [-0.2, -0.15) is 0 Å². The van der Waals surface area contributed by atoms with Gasteiger partial charge in [0.05, 0.1) is 12.0 Å². The number of ether oxygens (including phenoxy) is 1. The van der Waals surface area contributed by atoms with Gasteiger partial charge < -0.3 is 9.84 Å². The molecule has 0 bridgehead atoms. The largest absolute Gasteiger partial charge is 0.450 e. The monoisotopic (exact) mass is 448 g/mol. The van der Waals surface area contributed by atoms with Crippen LogP contribution in [0.3, 0.4) is 0 Å². The Bertz CT molecular complexity index is 877. The minimum atomic E-state index is -1.31. The van der Waals surface area contributed by atoms with Crippen molar-refractivity contribution in [1.29, 1.82) is 0 Å². The van der Waals surface area contributed by atoms with Crippen LogP contribution in [0.4, 0.5) is 0 Å². The van der Waals surface area contributed by atoms with E-state index in [1.54, 1.807) is 19.1 Å². The molecule has 5 nitrogen and oxygen atoms in total. The van der Waals surface area contributed by atoms with E-state index in [1.165, 1.54) is 0 Å². The normalized spacial score (nSPS) is 45.9. The summed E-state index contributed by atoms with van der Waals surface area (Å²) in [6, 6.07) is 0. The highest BCUT2D eigenvalue weighted by atomic mass is 35.5. The van der Waals surface area contributed by atoms with E-state index in [2.05, 4.69) is 6.92 Å². The lowest BCUT2D eigenvalue weighted by molar-refractivity contribution is -0.202. The molecule has 8 atom stereocenters. The Morgan fingerprint density at radius 3 is 2.68 bits per heavy atom. The third kappa shape index (κ3) is 2.95. The third-order valence-corrected chi connectivity index (χ3v) is 9.38. The first-order valence-electron chi connectivity index (χ1n) is 11.5. The average molecular weight is 449 g/mol. The number of hydrogen-bond acceptors (Lipinski definition) is 5. The zero-order valence-electron chi connectivity index (χ0n) is 18.8. The third-order valence-electron chi connectivity index (χ3n) is 9.13. The van der Waals surface area contributed by atoms with Gasteiger partial charge in [0.25, 0.3) is 0 Å². The number of fused-ring (bicyclic) bond motifs is 5. The molecule has 0 saturated heterocycles. The SMILES string of the molecule is CCC(=O)O[C@]1(C(=O)CCl)C(C)C[C@H]2[C@@H]3CCC4=CC(=O)C=C[C@]4(C)[C@H]3C(O)C[C@@]21C. The van der Waals surface area contributed by atoms with Crippen molar-refractivity contribution >= 4 is 29.1 Å². The maximum absolute atomic E-state index is 13.3. The molecule has 6 heteroatoms. The zero-order chi connectivity index (χ0) is 22.8. The van der Waals surface area contributed by atoms with Crippen LogP contribution in [0.1, 0.15) is 59.8 Å². The molecule has 0 spiro atoms. The number of carbonyl (C=O) groups is 3. The van der Waals surface area contributed by atoms with Crippen molar-refractivity contribution in [3.05, 3.63) is 23.8 Å². The molecule has 1 N–H and O–H groups in total. The van der Waals surface area contributed by atoms with Crippen LogP contribution in [-0.2, 0) is 19.1 Å². The first-order valence-corrected chi connectivity index (χ1v) is 12.0. The van der Waals surface area contributed by atoms with E-state index in [9.17, 15) is 19.5 Å². The second kappa shape index (κ2) is 7.55. The van der Waals surface area contributed by atoms with E-state index >= 15 is 0 Å². The molecule has 2 unspecified atom stereocenters. The summed E-state index contributed by atoms with van der Waals surface area (Å²) in [7, 11) is 0. The van der Waals surface area contributed by atoms with E-state index in [1.807, 2.05) is 19.9 Å². The van der Waals surface area contributed by atoms with Gasteiger partial charge in [-0.25, -0.2) is 0 Å². The number of aliphatic hydroxyl groups excluding tert-OH is 1. The first-order chi connectivity index (χ1) is 14.5. The number of carbonyl (C=O) groups excluding carboxylic acids is 3. The standard InChI is InChI=1S/C25H33ClO5/c1-5-21(30)31-25(20(29)13-26)14(2)10-18-17-7-6-15-11-16(27)8-9-23(15,3)22(17)19(28)12-24(18,25)4/h8-9,11,14,17-19,22,28H,5-7,10,12-13H2,1-4H3/t14?,17-,18-,19?,22+,23-,24-,25-/m0/s1. The van der Waals surface area contributed by atoms with E-state index in [4.69, 9.17) is 16.3 Å². The molecule has 0 aromatic carbocycles. The average Bonchev–Trinajstić information content (AvgIpc) is 2.94. The second-order valence-corrected chi connectivity index (χ2v) is 10.7. The molecule has 0 aromatic rings. The summed E-state index contributed by atoms with van der Waals surface area (Å²) < 4.78 is 6.01. The van der Waals surface area contributed by atoms with E-state index in [0.717, 1.165) is 24.8 Å². The summed E-state index contributed by atoms with van der Waals surface area (Å²) in [6.45, 7) is 7.84. The number of alkyl halides is 1. The number of Topliss-reactive ketones (excluding diaryl/α,β-unsaturated/α-hetero) is 1. The molecule has 4 aliphatic rings. The Morgan fingerprint density at radius 2 is 2.03 bits per heavy atom. The molecule has 4 rings (SSSR count). The fourth-order valence-electron chi connectivity index (χ4n) is 7.86. The molecule has 0 radical (unpaired) electrons. The van der Waals surface area contributed by atoms with Crippen molar-refractivity contribution in [2.24, 2.45) is 34.5 Å². The van der Waals surface area contributed by atoms with E-state index in [0.29, 0.717) is 6.42 Å². The molecule has 0 heterocycles. The van der Waals surface area contributed by atoms with Crippen molar-refractivity contribution < 1.29 is 24.2 Å². The summed E-state index contributed by atoms with van der Waals surface area (Å²) in [6.07, 6.45) is 7.61. The number of hydrogen-bond donors (Lipinski definition) is 1. The summed E-state index contributed by atoms with van der Waals surface area (Å²) >= 11 is 6.06. The maximum atomic E-state index is 13.3. The van der Waals surface area contributed by atoms with Crippen molar-refractivity contribution in [2.45, 2.75) is 71.5 Å². The minimum absolute atomic E-state index is 0.00811. The van der Waals surface area contributed by atoms with Gasteiger partial charge in [0, 0.05) is 29.1 Å². The quantitative estimate of drug-likeness (QED) is 0.519. The van der Waals surface area contributed by atoms with Crippen molar-refractivity contribution in [2.75, 3.05) is 5.88 Å². The van der Waals surface area contributed by atoms with Crippen molar-refractivity contribution in [3.63, 3.8) is 0 Å². The Morgan fingerprint density at radius 1 is 1.32 bits per heavy atom. The molecule has 3 saturated carbocycles. The first kappa shape index (κ1) is 22.7. The highest BCUT2D eigenvalue weighted by molar-refractivity contribution is 6.29. The fourth-order valence-corrected chi connectivity index (χ4v) is 8.06. The van der Waals surface area contributed by atoms with Gasteiger partial charge >= 0.3 is 5.97 Å². The van der Waals surface area contributed by atoms with Gasteiger partial charge in [-0.05, 0) is 49.7 Å². The van der Waals surface area contributed by atoms with Crippen LogP contribution in [-0.4, -0.2) is 40.2 Å². The van der Waals surface area contributed by atoms with Gasteiger partial charge in [0.1, 0.15) is 0 Å². The maximum Gasteiger partial charge on any atom is 0.306 e. The zero-order valence-corrected chi connectivity index (χ0v) is 19.6. The lowest BCUT2D eigenvalue weighted by atomic mass is 9.46. The number of rotatable bonds is 4. The highest BCUT2D eigenvalue weighted by Gasteiger charge is 2.72. The van der Waals surface area contributed by atoms with Crippen LogP contribution in [0, 0.1) is 34.5 Å². The van der Waals surface area contributed by atoms with Gasteiger partial charge in [0.2, 0.25) is 0 Å².